The van der Waals surface area contributed by atoms with Crippen molar-refractivity contribution in [3.05, 3.63) is 22.8 Å². The minimum atomic E-state index is -0.399. The Morgan fingerprint density at radius 2 is 1.70 bits per heavy atom. The van der Waals surface area contributed by atoms with Crippen LogP contribution < -0.4 is 0 Å². The molecular weight excluding hydrogens is 256 g/mol. The second-order valence-electron chi connectivity index (χ2n) is 4.75. The molecule has 20 heavy (non-hydrogen) atoms. The summed E-state index contributed by atoms with van der Waals surface area (Å²) in [7, 11) is 1.35. The molecule has 0 aromatic carbocycles. The minimum Gasteiger partial charge on any atom is -0.466 e. The van der Waals surface area contributed by atoms with Crippen molar-refractivity contribution in [3.63, 3.8) is 0 Å². The van der Waals surface area contributed by atoms with E-state index in [2.05, 4.69) is 6.92 Å². The first-order chi connectivity index (χ1) is 9.47. The SMILES string of the molecule is CCCCC/C(=C/C(C(=O)OCC)=C(C)C)C(=O)OC. The van der Waals surface area contributed by atoms with E-state index < -0.39 is 5.97 Å². The summed E-state index contributed by atoms with van der Waals surface area (Å²) in [6.07, 6.45) is 5.22. The standard InChI is InChI=1S/C16H26O4/c1-6-8-9-10-13(15(17)19-5)11-14(12(3)4)16(18)20-7-2/h11H,6-10H2,1-5H3/b13-11-. The third kappa shape index (κ3) is 6.55. The lowest BCUT2D eigenvalue weighted by atomic mass is 10.0. The highest BCUT2D eigenvalue weighted by atomic mass is 16.5. The number of esters is 2. The van der Waals surface area contributed by atoms with Crippen molar-refractivity contribution in [1.82, 2.24) is 0 Å². The first kappa shape index (κ1) is 18.4. The maximum atomic E-state index is 11.9. The van der Waals surface area contributed by atoms with Crippen molar-refractivity contribution in [3.8, 4) is 0 Å². The number of methoxy groups -OCH3 is 1. The number of allylic oxidation sites excluding steroid dienone is 1. The van der Waals surface area contributed by atoms with Crippen LogP contribution in [0.2, 0.25) is 0 Å². The highest BCUT2D eigenvalue weighted by Gasteiger charge is 2.15. The maximum absolute atomic E-state index is 11.9. The lowest BCUT2D eigenvalue weighted by molar-refractivity contribution is -0.138. The van der Waals surface area contributed by atoms with Gasteiger partial charge in [0.25, 0.3) is 0 Å². The van der Waals surface area contributed by atoms with E-state index in [0.717, 1.165) is 24.8 Å². The van der Waals surface area contributed by atoms with Gasteiger partial charge in [0.2, 0.25) is 0 Å². The first-order valence-corrected chi connectivity index (χ1v) is 7.11. The Morgan fingerprint density at radius 3 is 2.15 bits per heavy atom. The van der Waals surface area contributed by atoms with Crippen LogP contribution in [0.4, 0.5) is 0 Å². The van der Waals surface area contributed by atoms with Crippen molar-refractivity contribution >= 4 is 11.9 Å². The lowest BCUT2D eigenvalue weighted by Gasteiger charge is -2.09. The van der Waals surface area contributed by atoms with E-state index in [1.165, 1.54) is 7.11 Å². The monoisotopic (exact) mass is 282 g/mol. The summed E-state index contributed by atoms with van der Waals surface area (Å²) < 4.78 is 9.79. The zero-order valence-corrected chi connectivity index (χ0v) is 13.2. The molecule has 0 atom stereocenters. The topological polar surface area (TPSA) is 52.6 Å². The third-order valence-corrected chi connectivity index (χ3v) is 2.85. The molecular formula is C16H26O4. The van der Waals surface area contributed by atoms with Crippen molar-refractivity contribution in [2.45, 2.75) is 53.4 Å². The van der Waals surface area contributed by atoms with Crippen molar-refractivity contribution < 1.29 is 19.1 Å². The highest BCUT2D eigenvalue weighted by Crippen LogP contribution is 2.17. The van der Waals surface area contributed by atoms with Gasteiger partial charge in [-0.15, -0.1) is 0 Å². The molecule has 0 rings (SSSR count). The molecule has 0 N–H and O–H groups in total. The third-order valence-electron chi connectivity index (χ3n) is 2.85. The Kier molecular flexibility index (Phi) is 9.43. The lowest BCUT2D eigenvalue weighted by Crippen LogP contribution is -2.11. The molecule has 0 aliphatic heterocycles. The van der Waals surface area contributed by atoms with Crippen LogP contribution in [0.3, 0.4) is 0 Å². The van der Waals surface area contributed by atoms with E-state index in [1.807, 2.05) is 13.8 Å². The Bertz CT molecular complexity index is 387. The Morgan fingerprint density at radius 1 is 1.05 bits per heavy atom. The van der Waals surface area contributed by atoms with Gasteiger partial charge in [-0.25, -0.2) is 9.59 Å². The van der Waals surface area contributed by atoms with E-state index in [4.69, 9.17) is 9.47 Å². The number of carbonyl (C=O) groups is 2. The average Bonchev–Trinajstić information content (AvgIpc) is 2.41. The second-order valence-corrected chi connectivity index (χ2v) is 4.75. The van der Waals surface area contributed by atoms with Gasteiger partial charge < -0.3 is 9.47 Å². The van der Waals surface area contributed by atoms with E-state index in [-0.39, 0.29) is 5.97 Å². The van der Waals surface area contributed by atoms with Gasteiger partial charge in [0.1, 0.15) is 0 Å². The Labute approximate surface area is 121 Å². The van der Waals surface area contributed by atoms with E-state index in [0.29, 0.717) is 24.2 Å². The normalized spacial score (nSPS) is 10.9. The average molecular weight is 282 g/mol. The van der Waals surface area contributed by atoms with Crippen LogP contribution >= 0.6 is 0 Å². The molecule has 0 spiro atoms. The van der Waals surface area contributed by atoms with Crippen LogP contribution in [0.15, 0.2) is 22.8 Å². The van der Waals surface area contributed by atoms with Crippen LogP contribution in [-0.4, -0.2) is 25.7 Å². The van der Waals surface area contributed by atoms with Gasteiger partial charge in [-0.1, -0.05) is 25.3 Å². The quantitative estimate of drug-likeness (QED) is 0.295. The molecule has 0 aliphatic rings. The predicted molar refractivity (Wildman–Crippen MR) is 79.2 cm³/mol. The van der Waals surface area contributed by atoms with E-state index in [9.17, 15) is 9.59 Å². The highest BCUT2D eigenvalue weighted by molar-refractivity contribution is 5.96. The number of hydrogen-bond donors (Lipinski definition) is 0. The molecule has 0 bridgehead atoms. The van der Waals surface area contributed by atoms with Gasteiger partial charge in [-0.3, -0.25) is 0 Å². The smallest absolute Gasteiger partial charge is 0.338 e. The van der Waals surface area contributed by atoms with Crippen LogP contribution in [0.5, 0.6) is 0 Å². The summed E-state index contributed by atoms with van der Waals surface area (Å²) in [4.78, 5) is 23.7. The summed E-state index contributed by atoms with van der Waals surface area (Å²) in [5.41, 5.74) is 1.77. The second kappa shape index (κ2) is 10.2. The number of unbranched alkanes of at least 4 members (excludes halogenated alkanes) is 2. The van der Waals surface area contributed by atoms with Crippen LogP contribution in [0.1, 0.15) is 53.4 Å². The molecule has 0 unspecified atom stereocenters. The van der Waals surface area contributed by atoms with Gasteiger partial charge in [0, 0.05) is 5.57 Å². The molecule has 4 nitrogen and oxygen atoms in total. The van der Waals surface area contributed by atoms with E-state index in [1.54, 1.807) is 13.0 Å². The molecule has 0 saturated heterocycles. The summed E-state index contributed by atoms with van der Waals surface area (Å²) in [6.45, 7) is 7.81. The molecule has 0 saturated carbocycles. The minimum absolute atomic E-state index is 0.312. The van der Waals surface area contributed by atoms with Crippen molar-refractivity contribution in [2.75, 3.05) is 13.7 Å². The molecule has 0 fully saturated rings. The number of ether oxygens (including phenoxy) is 2. The number of hydrogen-bond acceptors (Lipinski definition) is 4. The summed E-state index contributed by atoms with van der Waals surface area (Å²) >= 11 is 0. The largest absolute Gasteiger partial charge is 0.466 e. The summed E-state index contributed by atoms with van der Waals surface area (Å²) in [5.74, 6) is -0.784. The fourth-order valence-electron chi connectivity index (χ4n) is 1.72. The van der Waals surface area contributed by atoms with E-state index >= 15 is 0 Å². The van der Waals surface area contributed by atoms with Crippen LogP contribution in [0.25, 0.3) is 0 Å². The van der Waals surface area contributed by atoms with Gasteiger partial charge >= 0.3 is 11.9 Å². The van der Waals surface area contributed by atoms with Gasteiger partial charge in [0.15, 0.2) is 0 Å². The molecule has 0 aliphatic carbocycles. The zero-order chi connectivity index (χ0) is 15.5. The van der Waals surface area contributed by atoms with Gasteiger partial charge in [0.05, 0.1) is 19.3 Å². The number of rotatable bonds is 8. The predicted octanol–water partition coefficient (Wildman–Crippen LogP) is 3.57. The molecule has 114 valence electrons. The van der Waals surface area contributed by atoms with Crippen LogP contribution in [-0.2, 0) is 19.1 Å². The van der Waals surface area contributed by atoms with Crippen molar-refractivity contribution in [2.24, 2.45) is 0 Å². The fraction of sp³-hybridized carbons (Fsp3) is 0.625. The van der Waals surface area contributed by atoms with Gasteiger partial charge in [-0.2, -0.15) is 0 Å². The molecule has 0 aromatic heterocycles. The van der Waals surface area contributed by atoms with Crippen LogP contribution in [0, 0.1) is 0 Å². The molecule has 4 heteroatoms. The first-order valence-electron chi connectivity index (χ1n) is 7.11. The summed E-state index contributed by atoms with van der Waals surface area (Å²) in [5, 5.41) is 0. The fourth-order valence-corrected chi connectivity index (χ4v) is 1.72. The summed E-state index contributed by atoms with van der Waals surface area (Å²) in [6, 6.07) is 0. The maximum Gasteiger partial charge on any atom is 0.338 e. The molecule has 0 aromatic rings. The Balaban J connectivity index is 5.22. The van der Waals surface area contributed by atoms with Gasteiger partial charge in [-0.05, 0) is 39.7 Å². The molecule has 0 amide bonds. The van der Waals surface area contributed by atoms with Crippen molar-refractivity contribution in [1.29, 1.82) is 0 Å². The molecule has 0 heterocycles. The molecule has 0 radical (unpaired) electrons. The Hall–Kier alpha value is -1.58. The zero-order valence-electron chi connectivity index (χ0n) is 13.2. The number of carbonyl (C=O) groups excluding carboxylic acids is 2.